The molecule has 0 aromatic heterocycles. The van der Waals surface area contributed by atoms with Gasteiger partial charge in [-0.1, -0.05) is 0 Å². The zero-order valence-electron chi connectivity index (χ0n) is 6.46. The minimum Gasteiger partial charge on any atom is -0.380 e. The number of halogens is 6. The van der Waals surface area contributed by atoms with Crippen molar-refractivity contribution in [3.8, 4) is 0 Å². The van der Waals surface area contributed by atoms with Gasteiger partial charge in [0.25, 0.3) is 0 Å². The van der Waals surface area contributed by atoms with Gasteiger partial charge in [0.05, 0.1) is 12.2 Å². The number of allylic oxidation sites excluding steroid dienone is 1. The van der Waals surface area contributed by atoms with E-state index >= 15 is 0 Å². The van der Waals surface area contributed by atoms with Crippen molar-refractivity contribution in [2.45, 2.75) is 12.4 Å². The van der Waals surface area contributed by atoms with Gasteiger partial charge < -0.3 is 4.74 Å². The van der Waals surface area contributed by atoms with Crippen molar-refractivity contribution in [2.75, 3.05) is 13.7 Å². The molecule has 0 atom stereocenters. The molecule has 0 aromatic rings. The van der Waals surface area contributed by atoms with Gasteiger partial charge in [0.2, 0.25) is 0 Å². The maximum atomic E-state index is 11.8. The lowest BCUT2D eigenvalue weighted by molar-refractivity contribution is -0.113. The van der Waals surface area contributed by atoms with E-state index in [-0.39, 0.29) is 0 Å². The molecular weight excluding hydrogens is 202 g/mol. The molecule has 0 rings (SSSR count). The molecule has 0 aliphatic rings. The van der Waals surface area contributed by atoms with Crippen LogP contribution in [0.5, 0.6) is 0 Å². The van der Waals surface area contributed by atoms with Crippen molar-refractivity contribution in [1.29, 1.82) is 0 Å². The lowest BCUT2D eigenvalue weighted by Gasteiger charge is -2.11. The highest BCUT2D eigenvalue weighted by Crippen LogP contribution is 2.29. The number of ether oxygens (including phenoxy) is 1. The molecule has 0 N–H and O–H groups in total. The number of hydrogen-bond acceptors (Lipinski definition) is 1. The minimum atomic E-state index is -5.01. The molecule has 1 nitrogen and oxygen atoms in total. The Morgan fingerprint density at radius 2 is 1.62 bits per heavy atom. The average molecular weight is 208 g/mol. The van der Waals surface area contributed by atoms with E-state index < -0.39 is 30.6 Å². The summed E-state index contributed by atoms with van der Waals surface area (Å²) in [6.07, 6.45) is -10.8. The summed E-state index contributed by atoms with van der Waals surface area (Å²) < 4.78 is 73.9. The van der Waals surface area contributed by atoms with Crippen molar-refractivity contribution in [3.05, 3.63) is 11.6 Å². The Morgan fingerprint density at radius 1 is 1.15 bits per heavy atom. The van der Waals surface area contributed by atoms with Gasteiger partial charge in [-0.25, -0.2) is 0 Å². The summed E-state index contributed by atoms with van der Waals surface area (Å²) in [7, 11) is 0.885. The molecule has 0 saturated heterocycles. The first-order valence-electron chi connectivity index (χ1n) is 3.01. The molecule has 0 fully saturated rings. The van der Waals surface area contributed by atoms with E-state index in [1.165, 1.54) is 0 Å². The molecule has 0 aliphatic carbocycles. The molecule has 0 unspecified atom stereocenters. The van der Waals surface area contributed by atoms with Crippen molar-refractivity contribution >= 4 is 0 Å². The Morgan fingerprint density at radius 3 is 1.85 bits per heavy atom. The second-order valence-electron chi connectivity index (χ2n) is 2.14. The number of methoxy groups -OCH3 is 1. The standard InChI is InChI=1S/C6H6F6O/c1-13-3-4(6(10,11)12)2-5(7,8)9/h2H,3H2,1H3. The van der Waals surface area contributed by atoms with E-state index in [4.69, 9.17) is 0 Å². The van der Waals surface area contributed by atoms with E-state index in [9.17, 15) is 26.3 Å². The van der Waals surface area contributed by atoms with Crippen LogP contribution in [-0.2, 0) is 4.74 Å². The maximum absolute atomic E-state index is 11.8. The van der Waals surface area contributed by atoms with E-state index in [0.29, 0.717) is 0 Å². The van der Waals surface area contributed by atoms with Gasteiger partial charge in [0.15, 0.2) is 0 Å². The number of hydrogen-bond donors (Lipinski definition) is 0. The highest BCUT2D eigenvalue weighted by atomic mass is 19.4. The Bertz CT molecular complexity index is 188. The molecule has 0 radical (unpaired) electrons. The third-order valence-electron chi connectivity index (χ3n) is 1.00. The van der Waals surface area contributed by atoms with Gasteiger partial charge in [0.1, 0.15) is 0 Å². The maximum Gasteiger partial charge on any atom is 0.414 e. The van der Waals surface area contributed by atoms with Crippen LogP contribution in [0.15, 0.2) is 11.6 Å². The summed E-state index contributed by atoms with van der Waals surface area (Å²) in [6.45, 7) is -1.11. The third kappa shape index (κ3) is 5.51. The summed E-state index contributed by atoms with van der Waals surface area (Å²) in [5, 5.41) is 0. The van der Waals surface area contributed by atoms with E-state index in [0.717, 1.165) is 7.11 Å². The van der Waals surface area contributed by atoms with E-state index in [1.54, 1.807) is 0 Å². The summed E-state index contributed by atoms with van der Waals surface area (Å²) in [5.74, 6) is 0. The fourth-order valence-electron chi connectivity index (χ4n) is 0.558. The Labute approximate surface area is 70.0 Å². The fraction of sp³-hybridized carbons (Fsp3) is 0.667. The quantitative estimate of drug-likeness (QED) is 0.500. The normalized spacial score (nSPS) is 14.8. The SMILES string of the molecule is COCC(=CC(F)(F)F)C(F)(F)F. The highest BCUT2D eigenvalue weighted by Gasteiger charge is 2.38. The zero-order chi connectivity index (χ0) is 10.7. The summed E-state index contributed by atoms with van der Waals surface area (Å²) in [5.41, 5.74) is -1.75. The molecule has 7 heteroatoms. The summed E-state index contributed by atoms with van der Waals surface area (Å²) in [4.78, 5) is 0. The largest absolute Gasteiger partial charge is 0.414 e. The van der Waals surface area contributed by atoms with Gasteiger partial charge in [-0.3, -0.25) is 0 Å². The van der Waals surface area contributed by atoms with Crippen molar-refractivity contribution < 1.29 is 31.1 Å². The smallest absolute Gasteiger partial charge is 0.380 e. The first-order valence-corrected chi connectivity index (χ1v) is 3.01. The van der Waals surface area contributed by atoms with Crippen LogP contribution in [0.4, 0.5) is 26.3 Å². The predicted molar refractivity (Wildman–Crippen MR) is 32.1 cm³/mol. The van der Waals surface area contributed by atoms with Crippen LogP contribution in [0.25, 0.3) is 0 Å². The minimum absolute atomic E-state index is 0.809. The molecule has 0 saturated carbocycles. The molecule has 78 valence electrons. The molecule has 0 heterocycles. The second kappa shape index (κ2) is 3.99. The molecule has 0 aromatic carbocycles. The fourth-order valence-corrected chi connectivity index (χ4v) is 0.558. The number of alkyl halides is 6. The Balaban J connectivity index is 4.71. The monoisotopic (exact) mass is 208 g/mol. The van der Waals surface area contributed by atoms with Crippen LogP contribution in [0.3, 0.4) is 0 Å². The Kier molecular flexibility index (Phi) is 3.77. The molecule has 0 spiro atoms. The van der Waals surface area contributed by atoms with Crippen LogP contribution < -0.4 is 0 Å². The second-order valence-corrected chi connectivity index (χ2v) is 2.14. The molecule has 13 heavy (non-hydrogen) atoms. The third-order valence-corrected chi connectivity index (χ3v) is 1.00. The van der Waals surface area contributed by atoms with Gasteiger partial charge in [-0.2, -0.15) is 26.3 Å². The Hall–Kier alpha value is -0.720. The van der Waals surface area contributed by atoms with Gasteiger partial charge >= 0.3 is 12.4 Å². The van der Waals surface area contributed by atoms with Crippen LogP contribution in [0.1, 0.15) is 0 Å². The van der Waals surface area contributed by atoms with Crippen LogP contribution in [0, 0.1) is 0 Å². The van der Waals surface area contributed by atoms with Crippen molar-refractivity contribution in [2.24, 2.45) is 0 Å². The molecule has 0 bridgehead atoms. The highest BCUT2D eigenvalue weighted by molar-refractivity contribution is 5.12. The lowest BCUT2D eigenvalue weighted by Crippen LogP contribution is -2.19. The molecule has 0 amide bonds. The first kappa shape index (κ1) is 12.3. The average Bonchev–Trinajstić information content (AvgIpc) is 1.81. The lowest BCUT2D eigenvalue weighted by atomic mass is 10.2. The van der Waals surface area contributed by atoms with Crippen LogP contribution in [-0.4, -0.2) is 26.1 Å². The summed E-state index contributed by atoms with van der Waals surface area (Å²) >= 11 is 0. The van der Waals surface area contributed by atoms with Crippen LogP contribution in [0.2, 0.25) is 0 Å². The topological polar surface area (TPSA) is 9.23 Å². The predicted octanol–water partition coefficient (Wildman–Crippen LogP) is 2.68. The first-order chi connectivity index (χ1) is 5.67. The van der Waals surface area contributed by atoms with E-state index in [2.05, 4.69) is 4.74 Å². The van der Waals surface area contributed by atoms with Crippen LogP contribution >= 0.6 is 0 Å². The van der Waals surface area contributed by atoms with Gasteiger partial charge in [-0.05, 0) is 0 Å². The number of rotatable bonds is 2. The molecular formula is C6H6F6O. The zero-order valence-corrected chi connectivity index (χ0v) is 6.46. The van der Waals surface area contributed by atoms with Crippen molar-refractivity contribution in [1.82, 2.24) is 0 Å². The summed E-state index contributed by atoms with van der Waals surface area (Å²) in [6, 6.07) is 0. The van der Waals surface area contributed by atoms with E-state index in [1.807, 2.05) is 0 Å². The van der Waals surface area contributed by atoms with Crippen molar-refractivity contribution in [3.63, 3.8) is 0 Å². The van der Waals surface area contributed by atoms with Gasteiger partial charge in [-0.15, -0.1) is 0 Å². The van der Waals surface area contributed by atoms with Gasteiger partial charge in [0, 0.05) is 13.2 Å². The molecule has 0 aliphatic heterocycles.